The molecule has 0 aliphatic carbocycles. The zero-order valence-corrected chi connectivity index (χ0v) is 30.4. The minimum absolute atomic E-state index is 0.000210. The average molecular weight is 719 g/mol. The van der Waals surface area contributed by atoms with Crippen LogP contribution in [0.2, 0.25) is 0 Å². The second-order valence-electron chi connectivity index (χ2n) is 12.1. The van der Waals surface area contributed by atoms with Crippen molar-refractivity contribution >= 4 is 29.6 Å². The summed E-state index contributed by atoms with van der Waals surface area (Å²) in [5.74, 6) is -1.47. The van der Waals surface area contributed by atoms with E-state index in [0.717, 1.165) is 77.0 Å². The summed E-state index contributed by atoms with van der Waals surface area (Å²) in [5, 5.41) is 29.2. The molecule has 50 heavy (non-hydrogen) atoms. The molecule has 0 radical (unpaired) electrons. The highest BCUT2D eigenvalue weighted by Crippen LogP contribution is 2.12. The first-order valence-electron chi connectivity index (χ1n) is 18.5. The topological polar surface area (TPSA) is 211 Å². The minimum Gasteiger partial charge on any atom is -0.481 e. The number of carboxylic acids is 1. The summed E-state index contributed by atoms with van der Waals surface area (Å²) in [7, 11) is 0. The Balaban J connectivity index is 3.57. The molecule has 0 aromatic carbocycles. The molecule has 0 saturated heterocycles. The molecular weight excluding hydrogens is 652 g/mol. The van der Waals surface area contributed by atoms with Crippen LogP contribution in [-0.2, 0) is 42.9 Å². The lowest BCUT2D eigenvalue weighted by Crippen LogP contribution is -2.38. The Morgan fingerprint density at radius 1 is 0.520 bits per heavy atom. The quantitative estimate of drug-likeness (QED) is 0.0513. The summed E-state index contributed by atoms with van der Waals surface area (Å²) in [6.07, 6.45) is 13.3. The van der Waals surface area contributed by atoms with Gasteiger partial charge in [0, 0.05) is 38.9 Å². The SMILES string of the molecule is CCCCNC(=O)COCCOCCNC(=O)COCCOCCNC(=O)CC[C@@H](CO)NC(=O)CCCCCCCCCCCCC(=O)O. The summed E-state index contributed by atoms with van der Waals surface area (Å²) in [6.45, 7) is 4.67. The van der Waals surface area contributed by atoms with Crippen molar-refractivity contribution in [1.29, 1.82) is 0 Å². The van der Waals surface area contributed by atoms with Gasteiger partial charge in [-0.05, 0) is 25.7 Å². The van der Waals surface area contributed by atoms with Gasteiger partial charge in [-0.15, -0.1) is 0 Å². The fourth-order valence-electron chi connectivity index (χ4n) is 4.68. The van der Waals surface area contributed by atoms with Crippen molar-refractivity contribution in [1.82, 2.24) is 21.3 Å². The van der Waals surface area contributed by atoms with Crippen LogP contribution in [0.15, 0.2) is 0 Å². The van der Waals surface area contributed by atoms with E-state index in [0.29, 0.717) is 45.7 Å². The first-order valence-corrected chi connectivity index (χ1v) is 18.5. The highest BCUT2D eigenvalue weighted by Gasteiger charge is 2.13. The summed E-state index contributed by atoms with van der Waals surface area (Å²) in [5.41, 5.74) is 0. The van der Waals surface area contributed by atoms with Gasteiger partial charge in [-0.1, -0.05) is 64.7 Å². The predicted molar refractivity (Wildman–Crippen MR) is 189 cm³/mol. The third-order valence-electron chi connectivity index (χ3n) is 7.55. The van der Waals surface area contributed by atoms with Gasteiger partial charge >= 0.3 is 5.97 Å². The predicted octanol–water partition coefficient (Wildman–Crippen LogP) is 2.22. The molecule has 0 fully saturated rings. The Morgan fingerprint density at radius 3 is 1.48 bits per heavy atom. The molecule has 6 N–H and O–H groups in total. The van der Waals surface area contributed by atoms with E-state index in [1.807, 2.05) is 0 Å². The van der Waals surface area contributed by atoms with Crippen LogP contribution < -0.4 is 21.3 Å². The van der Waals surface area contributed by atoms with E-state index in [1.165, 1.54) is 0 Å². The number of carbonyl (C=O) groups excluding carboxylic acids is 4. The maximum Gasteiger partial charge on any atom is 0.303 e. The van der Waals surface area contributed by atoms with Crippen LogP contribution in [0.3, 0.4) is 0 Å². The van der Waals surface area contributed by atoms with Crippen molar-refractivity contribution in [3.05, 3.63) is 0 Å². The van der Waals surface area contributed by atoms with E-state index in [9.17, 15) is 29.1 Å². The number of ether oxygens (including phenoxy) is 4. The van der Waals surface area contributed by atoms with Gasteiger partial charge in [-0.2, -0.15) is 0 Å². The van der Waals surface area contributed by atoms with Crippen molar-refractivity contribution in [2.75, 3.05) is 79.1 Å². The van der Waals surface area contributed by atoms with Crippen LogP contribution in [0.4, 0.5) is 0 Å². The Morgan fingerprint density at radius 2 is 0.980 bits per heavy atom. The molecule has 0 rings (SSSR count). The van der Waals surface area contributed by atoms with Gasteiger partial charge in [0.05, 0.1) is 52.3 Å². The highest BCUT2D eigenvalue weighted by molar-refractivity contribution is 5.78. The van der Waals surface area contributed by atoms with Crippen molar-refractivity contribution in [2.45, 2.75) is 116 Å². The number of aliphatic hydroxyl groups is 1. The van der Waals surface area contributed by atoms with E-state index < -0.39 is 12.0 Å². The third kappa shape index (κ3) is 35.0. The van der Waals surface area contributed by atoms with Crippen LogP contribution in [0.1, 0.15) is 110 Å². The Labute approximate surface area is 298 Å². The number of rotatable bonds is 37. The summed E-state index contributed by atoms with van der Waals surface area (Å²) >= 11 is 0. The fourth-order valence-corrected chi connectivity index (χ4v) is 4.68. The second kappa shape index (κ2) is 36.0. The van der Waals surface area contributed by atoms with Crippen LogP contribution in [-0.4, -0.2) is 125 Å². The van der Waals surface area contributed by atoms with E-state index in [2.05, 4.69) is 28.2 Å². The van der Waals surface area contributed by atoms with Crippen LogP contribution in [0, 0.1) is 0 Å². The van der Waals surface area contributed by atoms with E-state index in [4.69, 9.17) is 24.1 Å². The smallest absolute Gasteiger partial charge is 0.303 e. The highest BCUT2D eigenvalue weighted by atomic mass is 16.5. The molecule has 0 heterocycles. The first-order chi connectivity index (χ1) is 24.3. The third-order valence-corrected chi connectivity index (χ3v) is 7.55. The Hall–Kier alpha value is -2.85. The molecule has 0 aliphatic rings. The lowest BCUT2D eigenvalue weighted by Gasteiger charge is -2.16. The van der Waals surface area contributed by atoms with E-state index in [1.54, 1.807) is 0 Å². The number of carbonyl (C=O) groups is 5. The number of hydrogen-bond donors (Lipinski definition) is 6. The normalized spacial score (nSPS) is 11.6. The largest absolute Gasteiger partial charge is 0.481 e. The molecule has 0 aromatic heterocycles. The van der Waals surface area contributed by atoms with Crippen molar-refractivity contribution in [3.63, 3.8) is 0 Å². The lowest BCUT2D eigenvalue weighted by molar-refractivity contribution is -0.137. The zero-order valence-electron chi connectivity index (χ0n) is 30.4. The second-order valence-corrected chi connectivity index (χ2v) is 12.1. The van der Waals surface area contributed by atoms with Gasteiger partial charge in [0.1, 0.15) is 13.2 Å². The zero-order chi connectivity index (χ0) is 36.9. The number of hydrogen-bond acceptors (Lipinski definition) is 10. The van der Waals surface area contributed by atoms with Crippen LogP contribution in [0.5, 0.6) is 0 Å². The maximum atomic E-state index is 12.2. The van der Waals surface area contributed by atoms with Gasteiger partial charge in [0.25, 0.3) is 0 Å². The molecule has 0 unspecified atom stereocenters. The standard InChI is InChI=1S/C35H66N4O11/c1-2-3-18-36-33(43)28-49-25-24-48-22-20-38-34(44)29-50-26-23-47-21-19-37-31(41)17-16-30(27-40)39-32(42)14-12-10-8-6-4-5-7-9-11-13-15-35(45)46/h30,40H,2-29H2,1H3,(H,36,43)(H,37,41)(H,38,44)(H,39,42)(H,45,46)/t30-/m0/s1. The molecule has 4 amide bonds. The van der Waals surface area contributed by atoms with Crippen LogP contribution in [0.25, 0.3) is 0 Å². The molecule has 292 valence electrons. The minimum atomic E-state index is -0.727. The van der Waals surface area contributed by atoms with Crippen molar-refractivity contribution in [2.24, 2.45) is 0 Å². The maximum absolute atomic E-state index is 12.2. The average Bonchev–Trinajstić information content (AvgIpc) is 3.09. The van der Waals surface area contributed by atoms with Crippen LogP contribution >= 0.6 is 0 Å². The Bertz CT molecular complexity index is 880. The molecule has 0 bridgehead atoms. The fraction of sp³-hybridized carbons (Fsp3) is 0.857. The number of amides is 4. The molecule has 1 atom stereocenters. The van der Waals surface area contributed by atoms with Gasteiger partial charge in [0.2, 0.25) is 23.6 Å². The van der Waals surface area contributed by atoms with Crippen molar-refractivity contribution < 1.29 is 53.1 Å². The summed E-state index contributed by atoms with van der Waals surface area (Å²) in [6, 6.07) is -0.470. The number of nitrogens with one attached hydrogen (secondary N) is 4. The van der Waals surface area contributed by atoms with Crippen molar-refractivity contribution in [3.8, 4) is 0 Å². The molecule has 0 aliphatic heterocycles. The van der Waals surface area contributed by atoms with E-state index in [-0.39, 0.29) is 82.7 Å². The molecule has 0 aromatic rings. The molecule has 0 saturated carbocycles. The molecule has 15 heteroatoms. The van der Waals surface area contributed by atoms with Gasteiger partial charge in [-0.3, -0.25) is 24.0 Å². The monoisotopic (exact) mass is 718 g/mol. The number of aliphatic hydroxyl groups excluding tert-OH is 1. The first kappa shape index (κ1) is 47.1. The molecule has 0 spiro atoms. The summed E-state index contributed by atoms with van der Waals surface area (Å²) in [4.78, 5) is 58.1. The summed E-state index contributed by atoms with van der Waals surface area (Å²) < 4.78 is 21.3. The number of carboxylic acid groups (broad SMARTS) is 1. The lowest BCUT2D eigenvalue weighted by atomic mass is 10.0. The number of unbranched alkanes of at least 4 members (excludes halogenated alkanes) is 10. The molecule has 15 nitrogen and oxygen atoms in total. The van der Waals surface area contributed by atoms with Gasteiger partial charge in [0.15, 0.2) is 0 Å². The van der Waals surface area contributed by atoms with Gasteiger partial charge in [-0.25, -0.2) is 0 Å². The molecular formula is C35H66N4O11. The van der Waals surface area contributed by atoms with Gasteiger partial charge < -0.3 is 50.4 Å². The van der Waals surface area contributed by atoms with E-state index >= 15 is 0 Å². The Kier molecular flexibility index (Phi) is 33.9. The number of aliphatic carboxylic acids is 1.